The van der Waals surface area contributed by atoms with Crippen LogP contribution in [-0.2, 0) is 4.79 Å². The highest BCUT2D eigenvalue weighted by molar-refractivity contribution is 5.94. The molecule has 2 aliphatic heterocycles. The lowest BCUT2D eigenvalue weighted by Gasteiger charge is -2.29. The first kappa shape index (κ1) is 15.1. The second kappa shape index (κ2) is 5.88. The zero-order valence-electron chi connectivity index (χ0n) is 13.5. The number of fused-ring (bicyclic) bond motifs is 3. The maximum absolute atomic E-state index is 12.6. The molecule has 24 heavy (non-hydrogen) atoms. The molecule has 3 atom stereocenters. The minimum Gasteiger partial charge on any atom is -0.493 e. The summed E-state index contributed by atoms with van der Waals surface area (Å²) < 4.78 is 5.81. The third-order valence-electron chi connectivity index (χ3n) is 4.50. The molecule has 8 heteroatoms. The summed E-state index contributed by atoms with van der Waals surface area (Å²) in [5.41, 5.74) is 7.36. The minimum atomic E-state index is -0.413. The molecule has 3 heterocycles. The van der Waals surface area contributed by atoms with Crippen molar-refractivity contribution in [1.29, 1.82) is 0 Å². The van der Waals surface area contributed by atoms with Gasteiger partial charge in [0.15, 0.2) is 0 Å². The summed E-state index contributed by atoms with van der Waals surface area (Å²) >= 11 is 0. The summed E-state index contributed by atoms with van der Waals surface area (Å²) in [6.07, 6.45) is 0. The van der Waals surface area contributed by atoms with Crippen molar-refractivity contribution in [3.05, 3.63) is 35.7 Å². The Hall–Kier alpha value is -2.45. The summed E-state index contributed by atoms with van der Waals surface area (Å²) in [6.45, 7) is 4.50. The topological polar surface area (TPSA) is 104 Å². The number of rotatable bonds is 3. The van der Waals surface area contributed by atoms with E-state index >= 15 is 0 Å². The Morgan fingerprint density at radius 1 is 1.33 bits per heavy atom. The first-order chi connectivity index (χ1) is 11.6. The quantitative estimate of drug-likeness (QED) is 0.672. The summed E-state index contributed by atoms with van der Waals surface area (Å²) in [5.74, 6) is 1.96. The van der Waals surface area contributed by atoms with E-state index in [1.807, 2.05) is 38.1 Å². The Bertz CT molecular complexity index is 759. The van der Waals surface area contributed by atoms with Gasteiger partial charge in [0.25, 0.3) is 0 Å². The maximum Gasteiger partial charge on any atom is 0.248 e. The molecular weight excluding hydrogens is 308 g/mol. The van der Waals surface area contributed by atoms with Crippen LogP contribution in [0.2, 0.25) is 0 Å². The van der Waals surface area contributed by atoms with Gasteiger partial charge in [-0.2, -0.15) is 4.98 Å². The maximum atomic E-state index is 12.6. The molecule has 2 aromatic rings. The minimum absolute atomic E-state index is 0.00316. The van der Waals surface area contributed by atoms with Gasteiger partial charge >= 0.3 is 0 Å². The Balaban J connectivity index is 1.48. The number of ether oxygens (including phenoxy) is 1. The van der Waals surface area contributed by atoms with Crippen molar-refractivity contribution in [3.8, 4) is 5.75 Å². The van der Waals surface area contributed by atoms with Gasteiger partial charge in [-0.15, -0.1) is 5.10 Å². The van der Waals surface area contributed by atoms with Gasteiger partial charge < -0.3 is 4.74 Å². The smallest absolute Gasteiger partial charge is 0.248 e. The van der Waals surface area contributed by atoms with E-state index in [2.05, 4.69) is 31.3 Å². The fraction of sp³-hybridized carbons (Fsp3) is 0.438. The van der Waals surface area contributed by atoms with Crippen LogP contribution in [0, 0.1) is 5.92 Å². The van der Waals surface area contributed by atoms with Gasteiger partial charge in [-0.3, -0.25) is 15.2 Å². The molecule has 1 aromatic heterocycles. The lowest BCUT2D eigenvalue weighted by atomic mass is 9.87. The fourth-order valence-electron chi connectivity index (χ4n) is 3.18. The number of para-hydroxylation sites is 1. The molecule has 0 radical (unpaired) electrons. The zero-order chi connectivity index (χ0) is 16.7. The summed E-state index contributed by atoms with van der Waals surface area (Å²) in [7, 11) is 0. The third kappa shape index (κ3) is 2.53. The number of amides is 1. The Labute approximate surface area is 139 Å². The van der Waals surface area contributed by atoms with Gasteiger partial charge in [0.2, 0.25) is 11.9 Å². The van der Waals surface area contributed by atoms with E-state index < -0.39 is 6.04 Å². The number of aromatic nitrogens is 3. The van der Waals surface area contributed by atoms with Crippen molar-refractivity contribution < 1.29 is 9.53 Å². The van der Waals surface area contributed by atoms with E-state index in [-0.39, 0.29) is 23.8 Å². The number of anilines is 1. The van der Waals surface area contributed by atoms with Crippen LogP contribution in [0.1, 0.15) is 37.2 Å². The monoisotopic (exact) mass is 328 g/mol. The molecule has 1 saturated heterocycles. The first-order valence-electron chi connectivity index (χ1n) is 8.09. The Morgan fingerprint density at radius 2 is 2.17 bits per heavy atom. The molecule has 8 nitrogen and oxygen atoms in total. The highest BCUT2D eigenvalue weighted by Crippen LogP contribution is 2.38. The zero-order valence-corrected chi connectivity index (χ0v) is 13.5. The van der Waals surface area contributed by atoms with Crippen molar-refractivity contribution in [2.24, 2.45) is 5.92 Å². The molecule has 4 N–H and O–H groups in total. The average molecular weight is 328 g/mol. The molecule has 1 amide bonds. The Morgan fingerprint density at radius 3 is 2.96 bits per heavy atom. The fourth-order valence-corrected chi connectivity index (χ4v) is 3.18. The SMILES string of the molecule is CC(C)c1nc(NC(=O)C2NNC3c4ccccc4OCC23)n[nH]1. The highest BCUT2D eigenvalue weighted by atomic mass is 16.5. The van der Waals surface area contributed by atoms with Gasteiger partial charge in [-0.1, -0.05) is 32.0 Å². The Kier molecular flexibility index (Phi) is 3.70. The predicted molar refractivity (Wildman–Crippen MR) is 87.3 cm³/mol. The molecule has 2 aliphatic rings. The summed E-state index contributed by atoms with van der Waals surface area (Å²) in [5, 5.41) is 9.64. The molecule has 126 valence electrons. The molecule has 0 saturated carbocycles. The highest BCUT2D eigenvalue weighted by Gasteiger charge is 2.44. The molecule has 3 unspecified atom stereocenters. The van der Waals surface area contributed by atoms with E-state index in [1.54, 1.807) is 0 Å². The lowest BCUT2D eigenvalue weighted by Crippen LogP contribution is -2.44. The van der Waals surface area contributed by atoms with Crippen molar-refractivity contribution in [2.75, 3.05) is 11.9 Å². The van der Waals surface area contributed by atoms with Gasteiger partial charge in [0.1, 0.15) is 17.6 Å². The molecule has 0 bridgehead atoms. The van der Waals surface area contributed by atoms with E-state index in [0.29, 0.717) is 12.6 Å². The summed E-state index contributed by atoms with van der Waals surface area (Å²) in [4.78, 5) is 16.9. The second-order valence-electron chi connectivity index (χ2n) is 6.44. The molecular formula is C16H20N6O2. The van der Waals surface area contributed by atoms with E-state index in [4.69, 9.17) is 4.74 Å². The third-order valence-corrected chi connectivity index (χ3v) is 4.50. The van der Waals surface area contributed by atoms with Crippen LogP contribution in [0.5, 0.6) is 5.75 Å². The molecule has 0 aliphatic carbocycles. The number of aromatic amines is 1. The van der Waals surface area contributed by atoms with E-state index in [9.17, 15) is 4.79 Å². The number of hydrogen-bond donors (Lipinski definition) is 4. The molecule has 0 spiro atoms. The van der Waals surface area contributed by atoms with Crippen molar-refractivity contribution in [2.45, 2.75) is 31.8 Å². The first-order valence-corrected chi connectivity index (χ1v) is 8.09. The van der Waals surface area contributed by atoms with Crippen molar-refractivity contribution in [1.82, 2.24) is 26.0 Å². The van der Waals surface area contributed by atoms with Gasteiger partial charge in [0.05, 0.1) is 12.6 Å². The standard InChI is InChI=1S/C16H20N6O2/c1-8(2)14-17-16(22-21-14)18-15(23)13-10-7-24-11-6-4-3-5-9(11)12(10)19-20-13/h3-6,8,10,12-13,19-20H,7H2,1-2H3,(H2,17,18,21,22,23). The van der Waals surface area contributed by atoms with Gasteiger partial charge in [0, 0.05) is 17.4 Å². The number of carbonyl (C=O) groups is 1. The van der Waals surface area contributed by atoms with Crippen LogP contribution in [0.3, 0.4) is 0 Å². The second-order valence-corrected chi connectivity index (χ2v) is 6.44. The van der Waals surface area contributed by atoms with Crippen molar-refractivity contribution in [3.63, 3.8) is 0 Å². The number of hydrogen-bond acceptors (Lipinski definition) is 6. The largest absolute Gasteiger partial charge is 0.493 e. The number of benzene rings is 1. The predicted octanol–water partition coefficient (Wildman–Crippen LogP) is 1.09. The van der Waals surface area contributed by atoms with Crippen LogP contribution < -0.4 is 20.9 Å². The number of H-pyrrole nitrogens is 1. The number of nitrogens with zero attached hydrogens (tertiary/aromatic N) is 2. The van der Waals surface area contributed by atoms with E-state index in [1.165, 1.54) is 0 Å². The van der Waals surface area contributed by atoms with Crippen LogP contribution in [0.25, 0.3) is 0 Å². The lowest BCUT2D eigenvalue weighted by molar-refractivity contribution is -0.119. The number of carbonyl (C=O) groups excluding carboxylic acids is 1. The molecule has 1 aromatic carbocycles. The van der Waals surface area contributed by atoms with E-state index in [0.717, 1.165) is 17.1 Å². The van der Waals surface area contributed by atoms with Gasteiger partial charge in [-0.25, -0.2) is 10.9 Å². The van der Waals surface area contributed by atoms with Gasteiger partial charge in [-0.05, 0) is 6.07 Å². The van der Waals surface area contributed by atoms with Crippen LogP contribution in [0.15, 0.2) is 24.3 Å². The number of nitrogens with one attached hydrogen (secondary N) is 4. The normalized spacial score (nSPS) is 25.0. The molecule has 1 fully saturated rings. The van der Waals surface area contributed by atoms with Crippen LogP contribution in [-0.4, -0.2) is 33.7 Å². The average Bonchev–Trinajstić information content (AvgIpc) is 3.21. The van der Waals surface area contributed by atoms with Crippen LogP contribution in [0.4, 0.5) is 5.95 Å². The van der Waals surface area contributed by atoms with Crippen LogP contribution >= 0.6 is 0 Å². The summed E-state index contributed by atoms with van der Waals surface area (Å²) in [6, 6.07) is 7.52. The number of hydrazine groups is 1. The molecule has 4 rings (SSSR count). The van der Waals surface area contributed by atoms with Crippen molar-refractivity contribution >= 4 is 11.9 Å².